The molecule has 0 aromatic heterocycles. The summed E-state index contributed by atoms with van der Waals surface area (Å²) in [6.07, 6.45) is 1.30. The highest BCUT2D eigenvalue weighted by atomic mass is 16.6. The second-order valence-electron chi connectivity index (χ2n) is 6.15. The van der Waals surface area contributed by atoms with Crippen LogP contribution < -0.4 is 5.32 Å². The molecule has 0 heterocycles. The van der Waals surface area contributed by atoms with Crippen LogP contribution in [0.15, 0.2) is 29.8 Å². The van der Waals surface area contributed by atoms with Gasteiger partial charge in [0.25, 0.3) is 0 Å². The van der Waals surface area contributed by atoms with E-state index < -0.39 is 11.7 Å². The summed E-state index contributed by atoms with van der Waals surface area (Å²) < 4.78 is 10.1. The summed E-state index contributed by atoms with van der Waals surface area (Å²) in [5.41, 5.74) is 1.80. The topological polar surface area (TPSA) is 64.6 Å². The Hall–Kier alpha value is -2.30. The van der Waals surface area contributed by atoms with Gasteiger partial charge in [0.2, 0.25) is 0 Å². The average molecular weight is 319 g/mol. The van der Waals surface area contributed by atoms with Gasteiger partial charge in [0.15, 0.2) is 0 Å². The lowest BCUT2D eigenvalue weighted by Gasteiger charge is -2.19. The third-order valence-corrected chi connectivity index (χ3v) is 2.77. The predicted octanol–water partition coefficient (Wildman–Crippen LogP) is 3.68. The van der Waals surface area contributed by atoms with Crippen molar-refractivity contribution in [2.45, 2.75) is 46.8 Å². The third-order valence-electron chi connectivity index (χ3n) is 2.77. The highest BCUT2D eigenvalue weighted by molar-refractivity contribution is 5.93. The Labute approximate surface area is 137 Å². The number of hydrogen-bond donors (Lipinski definition) is 1. The van der Waals surface area contributed by atoms with E-state index in [0.717, 1.165) is 11.1 Å². The van der Waals surface area contributed by atoms with Crippen LogP contribution in [-0.4, -0.2) is 24.3 Å². The molecular formula is C18H25NO4. The van der Waals surface area contributed by atoms with E-state index in [4.69, 9.17) is 9.47 Å². The fourth-order valence-electron chi connectivity index (χ4n) is 1.84. The summed E-state index contributed by atoms with van der Waals surface area (Å²) in [5.74, 6) is -0.329. The first-order valence-electron chi connectivity index (χ1n) is 7.62. The summed E-state index contributed by atoms with van der Waals surface area (Å²) in [6.45, 7) is 9.64. The van der Waals surface area contributed by atoms with Crippen molar-refractivity contribution in [2.24, 2.45) is 0 Å². The normalized spacial score (nSPS) is 11.8. The van der Waals surface area contributed by atoms with E-state index in [9.17, 15) is 9.59 Å². The predicted molar refractivity (Wildman–Crippen MR) is 89.8 cm³/mol. The Kier molecular flexibility index (Phi) is 6.82. The molecule has 0 fully saturated rings. The number of ether oxygens (including phenoxy) is 2. The smallest absolute Gasteiger partial charge is 0.407 e. The van der Waals surface area contributed by atoms with Gasteiger partial charge in [0.1, 0.15) is 5.60 Å². The molecule has 0 atom stereocenters. The van der Waals surface area contributed by atoms with Crippen LogP contribution in [0.2, 0.25) is 0 Å². The van der Waals surface area contributed by atoms with Crippen LogP contribution in [0.5, 0.6) is 0 Å². The van der Waals surface area contributed by atoms with Gasteiger partial charge in [0, 0.05) is 12.1 Å². The molecule has 5 heteroatoms. The molecule has 0 unspecified atom stereocenters. The van der Waals surface area contributed by atoms with Crippen molar-refractivity contribution >= 4 is 18.1 Å². The molecule has 23 heavy (non-hydrogen) atoms. The van der Waals surface area contributed by atoms with Crippen molar-refractivity contribution in [3.63, 3.8) is 0 Å². The zero-order valence-electron chi connectivity index (χ0n) is 14.4. The Balaban J connectivity index is 2.68. The lowest BCUT2D eigenvalue weighted by molar-refractivity contribution is -0.138. The quantitative estimate of drug-likeness (QED) is 0.664. The first-order chi connectivity index (χ1) is 10.7. The van der Waals surface area contributed by atoms with Crippen molar-refractivity contribution in [3.8, 4) is 0 Å². The molecule has 0 aliphatic carbocycles. The maximum absolute atomic E-state index is 11.6. The number of hydrogen-bond acceptors (Lipinski definition) is 4. The SMILES string of the molecule is CCOC(=O)C(C)=Cc1cccc(CNC(=O)OC(C)(C)C)c1. The minimum absolute atomic E-state index is 0.329. The highest BCUT2D eigenvalue weighted by Gasteiger charge is 2.15. The van der Waals surface area contributed by atoms with Gasteiger partial charge in [-0.25, -0.2) is 9.59 Å². The van der Waals surface area contributed by atoms with E-state index in [1.807, 2.05) is 45.0 Å². The molecule has 0 spiro atoms. The molecule has 1 aromatic carbocycles. The monoisotopic (exact) mass is 319 g/mol. The molecule has 0 bridgehead atoms. The minimum atomic E-state index is -0.522. The number of alkyl carbamates (subject to hydrolysis) is 1. The van der Waals surface area contributed by atoms with Crippen molar-refractivity contribution in [1.82, 2.24) is 5.32 Å². The Morgan fingerprint density at radius 2 is 1.96 bits per heavy atom. The number of benzene rings is 1. The van der Waals surface area contributed by atoms with Crippen LogP contribution in [0.3, 0.4) is 0 Å². The van der Waals surface area contributed by atoms with Crippen LogP contribution in [0.1, 0.15) is 45.7 Å². The molecule has 0 saturated carbocycles. The summed E-state index contributed by atoms with van der Waals surface area (Å²) in [5, 5.41) is 2.71. The average Bonchev–Trinajstić information content (AvgIpc) is 2.44. The number of carbonyl (C=O) groups excluding carboxylic acids is 2. The number of rotatable bonds is 5. The Bertz CT molecular complexity index is 585. The van der Waals surface area contributed by atoms with Crippen molar-refractivity contribution in [2.75, 3.05) is 6.61 Å². The van der Waals surface area contributed by atoms with Gasteiger partial charge < -0.3 is 14.8 Å². The zero-order chi connectivity index (χ0) is 17.5. The van der Waals surface area contributed by atoms with Crippen LogP contribution in [0.4, 0.5) is 4.79 Å². The molecule has 1 aromatic rings. The lowest BCUT2D eigenvalue weighted by Crippen LogP contribution is -2.32. The summed E-state index contributed by atoms with van der Waals surface area (Å²) in [4.78, 5) is 23.3. The molecule has 0 radical (unpaired) electrons. The van der Waals surface area contributed by atoms with Gasteiger partial charge in [-0.05, 0) is 57.9 Å². The Morgan fingerprint density at radius 1 is 1.26 bits per heavy atom. The second-order valence-corrected chi connectivity index (χ2v) is 6.15. The second kappa shape index (κ2) is 8.36. The molecule has 0 saturated heterocycles. The zero-order valence-corrected chi connectivity index (χ0v) is 14.4. The third kappa shape index (κ3) is 7.49. The van der Waals surface area contributed by atoms with Crippen LogP contribution in [0.25, 0.3) is 6.08 Å². The summed E-state index contributed by atoms with van der Waals surface area (Å²) in [7, 11) is 0. The van der Waals surface area contributed by atoms with Crippen LogP contribution in [0, 0.1) is 0 Å². The molecule has 1 amide bonds. The number of esters is 1. The Morgan fingerprint density at radius 3 is 2.57 bits per heavy atom. The van der Waals surface area contributed by atoms with Crippen molar-refractivity contribution in [3.05, 3.63) is 41.0 Å². The highest BCUT2D eigenvalue weighted by Crippen LogP contribution is 2.11. The van der Waals surface area contributed by atoms with Gasteiger partial charge in [0.05, 0.1) is 6.61 Å². The molecule has 126 valence electrons. The van der Waals surface area contributed by atoms with Gasteiger partial charge in [-0.3, -0.25) is 0 Å². The molecule has 0 aliphatic rings. The van der Waals surface area contributed by atoms with Gasteiger partial charge in [-0.15, -0.1) is 0 Å². The van der Waals surface area contributed by atoms with E-state index in [-0.39, 0.29) is 5.97 Å². The van der Waals surface area contributed by atoms with Crippen molar-refractivity contribution in [1.29, 1.82) is 0 Å². The standard InChI is InChI=1S/C18H25NO4/c1-6-22-16(20)13(2)10-14-8-7-9-15(11-14)12-19-17(21)23-18(3,4)5/h7-11H,6,12H2,1-5H3,(H,19,21). The van der Waals surface area contributed by atoms with E-state index in [2.05, 4.69) is 5.32 Å². The fraction of sp³-hybridized carbons (Fsp3) is 0.444. The molecule has 1 N–H and O–H groups in total. The first kappa shape index (κ1) is 18.7. The van der Waals surface area contributed by atoms with E-state index in [1.165, 1.54) is 0 Å². The lowest BCUT2D eigenvalue weighted by atomic mass is 10.1. The summed E-state index contributed by atoms with van der Waals surface area (Å²) >= 11 is 0. The number of carbonyl (C=O) groups is 2. The summed E-state index contributed by atoms with van der Waals surface area (Å²) in [6, 6.07) is 7.56. The number of amides is 1. The minimum Gasteiger partial charge on any atom is -0.463 e. The van der Waals surface area contributed by atoms with Gasteiger partial charge >= 0.3 is 12.1 Å². The maximum atomic E-state index is 11.6. The fourth-order valence-corrected chi connectivity index (χ4v) is 1.84. The van der Waals surface area contributed by atoms with Crippen molar-refractivity contribution < 1.29 is 19.1 Å². The molecule has 1 rings (SSSR count). The van der Waals surface area contributed by atoms with Crippen LogP contribution in [-0.2, 0) is 20.8 Å². The van der Waals surface area contributed by atoms with Crippen LogP contribution >= 0.6 is 0 Å². The molecule has 5 nitrogen and oxygen atoms in total. The molecular weight excluding hydrogens is 294 g/mol. The molecule has 0 aliphatic heterocycles. The first-order valence-corrected chi connectivity index (χ1v) is 7.62. The van der Waals surface area contributed by atoms with E-state index >= 15 is 0 Å². The van der Waals surface area contributed by atoms with E-state index in [0.29, 0.717) is 18.7 Å². The maximum Gasteiger partial charge on any atom is 0.407 e. The van der Waals surface area contributed by atoms with E-state index in [1.54, 1.807) is 19.9 Å². The largest absolute Gasteiger partial charge is 0.463 e. The van der Waals surface area contributed by atoms with Gasteiger partial charge in [-0.2, -0.15) is 0 Å². The van der Waals surface area contributed by atoms with Gasteiger partial charge in [-0.1, -0.05) is 18.2 Å². The number of nitrogens with one attached hydrogen (secondary N) is 1.